The number of carbonyl (C=O) groups is 1. The molecule has 1 amide bonds. The number of carbonyl (C=O) groups excluding carboxylic acids is 1. The smallest absolute Gasteiger partial charge is 0.221 e. The summed E-state index contributed by atoms with van der Waals surface area (Å²) in [5.74, 6) is 1.95. The minimum atomic E-state index is 0.118. The lowest BCUT2D eigenvalue weighted by molar-refractivity contribution is -0.121. The molecule has 0 spiro atoms. The summed E-state index contributed by atoms with van der Waals surface area (Å²) >= 11 is 1.80. The van der Waals surface area contributed by atoms with E-state index in [0.717, 1.165) is 17.9 Å². The van der Waals surface area contributed by atoms with Gasteiger partial charge in [-0.2, -0.15) is 11.8 Å². The molecule has 0 aliphatic rings. The normalized spacial score (nSPS) is 11.9. The van der Waals surface area contributed by atoms with Gasteiger partial charge in [-0.1, -0.05) is 67.6 Å². The molecule has 0 aliphatic heterocycles. The Morgan fingerprint density at radius 1 is 1.05 bits per heavy atom. The number of hydrogen-bond acceptors (Lipinski definition) is 2. The molecule has 2 aromatic rings. The van der Waals surface area contributed by atoms with Crippen molar-refractivity contribution in [3.05, 3.63) is 71.8 Å². The van der Waals surface area contributed by atoms with Gasteiger partial charge in [0.1, 0.15) is 0 Å². The highest BCUT2D eigenvalue weighted by Gasteiger charge is 2.11. The Morgan fingerprint density at radius 3 is 2.32 bits per heavy atom. The SMILES string of the molecule is CCC(NC(=O)CCSCc1ccccc1)c1ccccc1. The van der Waals surface area contributed by atoms with Crippen molar-refractivity contribution in [1.29, 1.82) is 0 Å². The van der Waals surface area contributed by atoms with Crippen molar-refractivity contribution in [3.8, 4) is 0 Å². The molecule has 0 aliphatic carbocycles. The van der Waals surface area contributed by atoms with Gasteiger partial charge in [-0.05, 0) is 17.5 Å². The first-order chi connectivity index (χ1) is 10.8. The topological polar surface area (TPSA) is 29.1 Å². The van der Waals surface area contributed by atoms with Crippen molar-refractivity contribution in [1.82, 2.24) is 5.32 Å². The van der Waals surface area contributed by atoms with Gasteiger partial charge in [-0.25, -0.2) is 0 Å². The Labute approximate surface area is 137 Å². The van der Waals surface area contributed by atoms with Gasteiger partial charge < -0.3 is 5.32 Å². The molecule has 1 N–H and O–H groups in total. The molecule has 3 heteroatoms. The van der Waals surface area contributed by atoms with E-state index in [1.54, 1.807) is 11.8 Å². The predicted octanol–water partition coefficient (Wildman–Crippen LogP) is 4.58. The zero-order chi connectivity index (χ0) is 15.6. The van der Waals surface area contributed by atoms with Gasteiger partial charge in [-0.3, -0.25) is 4.79 Å². The first-order valence-electron chi connectivity index (χ1n) is 7.75. The highest BCUT2D eigenvalue weighted by Crippen LogP contribution is 2.17. The lowest BCUT2D eigenvalue weighted by atomic mass is 10.0. The van der Waals surface area contributed by atoms with Crippen molar-refractivity contribution < 1.29 is 4.79 Å². The maximum absolute atomic E-state index is 12.1. The third-order valence-electron chi connectivity index (χ3n) is 3.53. The average molecular weight is 313 g/mol. The third-order valence-corrected chi connectivity index (χ3v) is 4.56. The molecule has 2 rings (SSSR count). The summed E-state index contributed by atoms with van der Waals surface area (Å²) in [6.45, 7) is 2.10. The third kappa shape index (κ3) is 5.57. The number of benzene rings is 2. The quantitative estimate of drug-likeness (QED) is 0.723. The van der Waals surface area contributed by atoms with Crippen LogP contribution in [0.25, 0.3) is 0 Å². The summed E-state index contributed by atoms with van der Waals surface area (Å²) in [6.07, 6.45) is 1.48. The molecule has 116 valence electrons. The fourth-order valence-electron chi connectivity index (χ4n) is 2.30. The summed E-state index contributed by atoms with van der Waals surface area (Å²) in [6, 6.07) is 20.6. The lowest BCUT2D eigenvalue weighted by Gasteiger charge is -2.17. The van der Waals surface area contributed by atoms with E-state index >= 15 is 0 Å². The summed E-state index contributed by atoms with van der Waals surface area (Å²) in [4.78, 5) is 12.1. The lowest BCUT2D eigenvalue weighted by Crippen LogP contribution is -2.28. The minimum Gasteiger partial charge on any atom is -0.349 e. The highest BCUT2D eigenvalue weighted by atomic mass is 32.2. The second kappa shape index (κ2) is 9.31. The van der Waals surface area contributed by atoms with Gasteiger partial charge in [0.2, 0.25) is 5.91 Å². The van der Waals surface area contributed by atoms with Crippen LogP contribution in [0.15, 0.2) is 60.7 Å². The van der Waals surface area contributed by atoms with Crippen molar-refractivity contribution in [2.75, 3.05) is 5.75 Å². The largest absolute Gasteiger partial charge is 0.349 e. The summed E-state index contributed by atoms with van der Waals surface area (Å²) in [5.41, 5.74) is 2.49. The molecule has 1 atom stereocenters. The molecular formula is C19H23NOS. The van der Waals surface area contributed by atoms with Crippen molar-refractivity contribution in [3.63, 3.8) is 0 Å². The zero-order valence-corrected chi connectivity index (χ0v) is 13.8. The van der Waals surface area contributed by atoms with Crippen LogP contribution in [-0.2, 0) is 10.5 Å². The number of nitrogens with one attached hydrogen (secondary N) is 1. The van der Waals surface area contributed by atoms with Crippen LogP contribution in [0, 0.1) is 0 Å². The maximum atomic E-state index is 12.1. The van der Waals surface area contributed by atoms with Gasteiger partial charge >= 0.3 is 0 Å². The molecule has 0 heterocycles. The van der Waals surface area contributed by atoms with Crippen molar-refractivity contribution in [2.45, 2.75) is 31.6 Å². The van der Waals surface area contributed by atoms with E-state index in [1.165, 1.54) is 11.1 Å². The van der Waals surface area contributed by atoms with Crippen LogP contribution in [0.5, 0.6) is 0 Å². The van der Waals surface area contributed by atoms with E-state index in [-0.39, 0.29) is 11.9 Å². The van der Waals surface area contributed by atoms with Crippen LogP contribution in [0.1, 0.15) is 36.9 Å². The highest BCUT2D eigenvalue weighted by molar-refractivity contribution is 7.98. The molecule has 0 saturated carbocycles. The Bertz CT molecular complexity index is 556. The van der Waals surface area contributed by atoms with Gasteiger partial charge in [0.05, 0.1) is 6.04 Å². The molecule has 0 saturated heterocycles. The zero-order valence-electron chi connectivity index (χ0n) is 13.0. The van der Waals surface area contributed by atoms with E-state index in [9.17, 15) is 4.79 Å². The molecule has 2 nitrogen and oxygen atoms in total. The average Bonchev–Trinajstić information content (AvgIpc) is 2.58. The number of amides is 1. The van der Waals surface area contributed by atoms with Crippen molar-refractivity contribution >= 4 is 17.7 Å². The number of hydrogen-bond donors (Lipinski definition) is 1. The second-order valence-corrected chi connectivity index (χ2v) is 6.33. The van der Waals surface area contributed by atoms with Crippen LogP contribution in [0.2, 0.25) is 0 Å². The van der Waals surface area contributed by atoms with Crippen LogP contribution < -0.4 is 5.32 Å². The van der Waals surface area contributed by atoms with Crippen LogP contribution in [0.4, 0.5) is 0 Å². The molecule has 0 fully saturated rings. The molecule has 0 radical (unpaired) electrons. The summed E-state index contributed by atoms with van der Waals surface area (Å²) < 4.78 is 0. The fourth-order valence-corrected chi connectivity index (χ4v) is 3.20. The first-order valence-corrected chi connectivity index (χ1v) is 8.91. The van der Waals surface area contributed by atoms with E-state index in [4.69, 9.17) is 0 Å². The maximum Gasteiger partial charge on any atom is 0.221 e. The first kappa shape index (κ1) is 16.6. The van der Waals surface area contributed by atoms with E-state index in [1.807, 2.05) is 36.4 Å². The van der Waals surface area contributed by atoms with Gasteiger partial charge in [0.15, 0.2) is 0 Å². The standard InChI is InChI=1S/C19H23NOS/c1-2-18(17-11-7-4-8-12-17)20-19(21)13-14-22-15-16-9-5-3-6-10-16/h3-12,18H,2,13-15H2,1H3,(H,20,21). The molecule has 0 aromatic heterocycles. The Balaban J connectivity index is 1.71. The monoisotopic (exact) mass is 313 g/mol. The van der Waals surface area contributed by atoms with E-state index in [0.29, 0.717) is 6.42 Å². The Morgan fingerprint density at radius 2 is 1.68 bits per heavy atom. The fraction of sp³-hybridized carbons (Fsp3) is 0.316. The molecule has 2 aromatic carbocycles. The van der Waals surface area contributed by atoms with Crippen LogP contribution >= 0.6 is 11.8 Å². The molecular weight excluding hydrogens is 290 g/mol. The second-order valence-electron chi connectivity index (χ2n) is 5.23. The van der Waals surface area contributed by atoms with Crippen molar-refractivity contribution in [2.24, 2.45) is 0 Å². The number of rotatable bonds is 8. The van der Waals surface area contributed by atoms with Gasteiger partial charge in [0, 0.05) is 17.9 Å². The van der Waals surface area contributed by atoms with Crippen LogP contribution in [-0.4, -0.2) is 11.7 Å². The van der Waals surface area contributed by atoms with Gasteiger partial charge in [0.25, 0.3) is 0 Å². The number of thioether (sulfide) groups is 1. The minimum absolute atomic E-state index is 0.118. The molecule has 1 unspecified atom stereocenters. The van der Waals surface area contributed by atoms with E-state index < -0.39 is 0 Å². The Kier molecular flexibility index (Phi) is 7.04. The van der Waals surface area contributed by atoms with Gasteiger partial charge in [-0.15, -0.1) is 0 Å². The summed E-state index contributed by atoms with van der Waals surface area (Å²) in [7, 11) is 0. The Hall–Kier alpha value is -1.74. The summed E-state index contributed by atoms with van der Waals surface area (Å²) in [5, 5.41) is 3.13. The molecule has 0 bridgehead atoms. The van der Waals surface area contributed by atoms with Crippen LogP contribution in [0.3, 0.4) is 0 Å². The predicted molar refractivity (Wildman–Crippen MR) is 94.8 cm³/mol. The molecule has 22 heavy (non-hydrogen) atoms. The van der Waals surface area contributed by atoms with E-state index in [2.05, 4.69) is 36.5 Å².